The molecule has 0 spiro atoms. The first-order chi connectivity index (χ1) is 10.0. The van der Waals surface area contributed by atoms with Gasteiger partial charge < -0.3 is 5.11 Å². The number of nitrogens with zero attached hydrogens (tertiary/aromatic N) is 2. The van der Waals surface area contributed by atoms with E-state index in [0.29, 0.717) is 5.52 Å². The van der Waals surface area contributed by atoms with E-state index in [1.165, 1.54) is 16.4 Å². The fourth-order valence-electron chi connectivity index (χ4n) is 2.16. The number of aryl methyl sites for hydroxylation is 1. The Morgan fingerprint density at radius 1 is 1.43 bits per heavy atom. The Bertz CT molecular complexity index is 757. The van der Waals surface area contributed by atoms with Gasteiger partial charge >= 0.3 is 0 Å². The van der Waals surface area contributed by atoms with E-state index in [9.17, 15) is 8.42 Å². The summed E-state index contributed by atoms with van der Waals surface area (Å²) in [6, 6.07) is 6.96. The summed E-state index contributed by atoms with van der Waals surface area (Å²) in [6.45, 7) is 5.39. The van der Waals surface area contributed by atoms with Crippen molar-refractivity contribution in [3.8, 4) is 0 Å². The zero-order chi connectivity index (χ0) is 15.5. The Morgan fingerprint density at radius 2 is 2.19 bits per heavy atom. The quantitative estimate of drug-likeness (QED) is 0.825. The predicted octanol–water partition coefficient (Wildman–Crippen LogP) is 1.71. The van der Waals surface area contributed by atoms with Crippen molar-refractivity contribution in [2.45, 2.75) is 11.8 Å². The topological polar surface area (TPSA) is 70.5 Å². The van der Waals surface area contributed by atoms with Gasteiger partial charge in [0.2, 0.25) is 10.0 Å². The van der Waals surface area contributed by atoms with Crippen LogP contribution in [0.25, 0.3) is 10.9 Å². The van der Waals surface area contributed by atoms with Gasteiger partial charge in [0.25, 0.3) is 0 Å². The van der Waals surface area contributed by atoms with Gasteiger partial charge in [-0.05, 0) is 24.6 Å². The molecule has 2 aromatic rings. The fourth-order valence-corrected chi connectivity index (χ4v) is 3.72. The molecule has 112 valence electrons. The van der Waals surface area contributed by atoms with Gasteiger partial charge in [0, 0.05) is 24.7 Å². The summed E-state index contributed by atoms with van der Waals surface area (Å²) in [5.41, 5.74) is 1.41. The second kappa shape index (κ2) is 6.34. The van der Waals surface area contributed by atoms with Crippen LogP contribution in [0.5, 0.6) is 0 Å². The molecule has 6 heteroatoms. The lowest BCUT2D eigenvalue weighted by Gasteiger charge is -2.20. The predicted molar refractivity (Wildman–Crippen MR) is 82.5 cm³/mol. The third-order valence-corrected chi connectivity index (χ3v) is 5.01. The smallest absolute Gasteiger partial charge is 0.245 e. The maximum absolute atomic E-state index is 12.7. The molecule has 0 aliphatic heterocycles. The van der Waals surface area contributed by atoms with Crippen molar-refractivity contribution in [3.05, 3.63) is 48.7 Å². The number of para-hydroxylation sites is 1. The van der Waals surface area contributed by atoms with Gasteiger partial charge in [-0.25, -0.2) is 8.42 Å². The van der Waals surface area contributed by atoms with Crippen LogP contribution in [0.4, 0.5) is 0 Å². The third-order valence-electron chi connectivity index (χ3n) is 3.11. The highest BCUT2D eigenvalue weighted by atomic mass is 32.2. The van der Waals surface area contributed by atoms with Gasteiger partial charge in [-0.2, -0.15) is 4.31 Å². The first-order valence-corrected chi connectivity index (χ1v) is 8.02. The number of aromatic nitrogens is 1. The molecule has 2 rings (SSSR count). The molecule has 1 heterocycles. The van der Waals surface area contributed by atoms with E-state index < -0.39 is 10.0 Å². The van der Waals surface area contributed by atoms with Crippen molar-refractivity contribution in [2.75, 3.05) is 19.7 Å². The second-order valence-corrected chi connectivity index (χ2v) is 6.62. The monoisotopic (exact) mass is 306 g/mol. The summed E-state index contributed by atoms with van der Waals surface area (Å²) in [4.78, 5) is 4.40. The minimum atomic E-state index is -3.73. The average molecular weight is 306 g/mol. The van der Waals surface area contributed by atoms with Crippen molar-refractivity contribution >= 4 is 20.9 Å². The molecule has 0 aliphatic rings. The SMILES string of the molecule is C=CCN(CCO)S(=O)(=O)c1cccc2cc(C)cnc12. The van der Waals surface area contributed by atoms with Crippen molar-refractivity contribution in [3.63, 3.8) is 0 Å². The van der Waals surface area contributed by atoms with Crippen LogP contribution in [-0.4, -0.2) is 42.5 Å². The third kappa shape index (κ3) is 3.12. The van der Waals surface area contributed by atoms with Gasteiger partial charge in [-0.1, -0.05) is 18.2 Å². The minimum absolute atomic E-state index is 0.0244. The zero-order valence-electron chi connectivity index (χ0n) is 11.9. The first kappa shape index (κ1) is 15.6. The molecule has 0 saturated carbocycles. The van der Waals surface area contributed by atoms with E-state index in [2.05, 4.69) is 11.6 Å². The summed E-state index contributed by atoms with van der Waals surface area (Å²) in [5, 5.41) is 9.84. The lowest BCUT2D eigenvalue weighted by molar-refractivity contribution is 0.260. The fraction of sp³-hybridized carbons (Fsp3) is 0.267. The van der Waals surface area contributed by atoms with Crippen molar-refractivity contribution in [1.29, 1.82) is 0 Å². The van der Waals surface area contributed by atoms with E-state index in [1.807, 2.05) is 19.1 Å². The van der Waals surface area contributed by atoms with E-state index in [0.717, 1.165) is 10.9 Å². The van der Waals surface area contributed by atoms with E-state index >= 15 is 0 Å². The number of benzene rings is 1. The minimum Gasteiger partial charge on any atom is -0.395 e. The van der Waals surface area contributed by atoms with Crippen molar-refractivity contribution < 1.29 is 13.5 Å². The van der Waals surface area contributed by atoms with Gasteiger partial charge in [-0.15, -0.1) is 6.58 Å². The van der Waals surface area contributed by atoms with Crippen LogP contribution < -0.4 is 0 Å². The van der Waals surface area contributed by atoms with Crippen molar-refractivity contribution in [1.82, 2.24) is 9.29 Å². The number of rotatable bonds is 6. The molecule has 0 unspecified atom stereocenters. The number of fused-ring (bicyclic) bond motifs is 1. The van der Waals surface area contributed by atoms with Gasteiger partial charge in [-0.3, -0.25) is 4.98 Å². The Hall–Kier alpha value is -1.76. The zero-order valence-corrected chi connectivity index (χ0v) is 12.7. The van der Waals surface area contributed by atoms with Crippen LogP contribution in [0.1, 0.15) is 5.56 Å². The molecule has 5 nitrogen and oxygen atoms in total. The molecule has 0 amide bonds. The normalized spacial score (nSPS) is 12.0. The highest BCUT2D eigenvalue weighted by Crippen LogP contribution is 2.24. The van der Waals surface area contributed by atoms with Crippen LogP contribution in [-0.2, 0) is 10.0 Å². The summed E-state index contributed by atoms with van der Waals surface area (Å²) in [6.07, 6.45) is 3.14. The largest absolute Gasteiger partial charge is 0.395 e. The molecule has 1 N–H and O–H groups in total. The molecule has 0 fully saturated rings. The molecule has 21 heavy (non-hydrogen) atoms. The summed E-state index contributed by atoms with van der Waals surface area (Å²) < 4.78 is 26.7. The lowest BCUT2D eigenvalue weighted by Crippen LogP contribution is -2.33. The number of pyridine rings is 1. The molecule has 0 saturated heterocycles. The van der Waals surface area contributed by atoms with E-state index in [4.69, 9.17) is 5.11 Å². The standard InChI is InChI=1S/C15H18N2O3S/c1-3-7-17(8-9-18)21(19,20)14-6-4-5-13-10-12(2)11-16-15(13)14/h3-6,10-11,18H,1,7-9H2,2H3. The van der Waals surface area contributed by atoms with E-state index in [1.54, 1.807) is 12.3 Å². The molecular weight excluding hydrogens is 288 g/mol. The molecule has 0 atom stereocenters. The maximum Gasteiger partial charge on any atom is 0.245 e. The number of aliphatic hydroxyl groups excluding tert-OH is 1. The van der Waals surface area contributed by atoms with Crippen molar-refractivity contribution in [2.24, 2.45) is 0 Å². The molecule has 0 bridgehead atoms. The highest BCUT2D eigenvalue weighted by molar-refractivity contribution is 7.89. The average Bonchev–Trinajstić information content (AvgIpc) is 2.46. The van der Waals surface area contributed by atoms with Gasteiger partial charge in [0.05, 0.1) is 12.1 Å². The van der Waals surface area contributed by atoms with Crippen LogP contribution >= 0.6 is 0 Å². The van der Waals surface area contributed by atoms with Crippen LogP contribution in [0, 0.1) is 6.92 Å². The van der Waals surface area contributed by atoms with Crippen LogP contribution in [0.15, 0.2) is 48.0 Å². The Kier molecular flexibility index (Phi) is 4.72. The van der Waals surface area contributed by atoms with Gasteiger partial charge in [0.1, 0.15) is 4.90 Å². The Morgan fingerprint density at radius 3 is 2.86 bits per heavy atom. The molecule has 1 aromatic carbocycles. The van der Waals surface area contributed by atoms with Crippen LogP contribution in [0.2, 0.25) is 0 Å². The first-order valence-electron chi connectivity index (χ1n) is 6.58. The van der Waals surface area contributed by atoms with E-state index in [-0.39, 0.29) is 24.6 Å². The summed E-state index contributed by atoms with van der Waals surface area (Å²) >= 11 is 0. The number of hydrogen-bond donors (Lipinski definition) is 1. The molecular formula is C15H18N2O3S. The second-order valence-electron chi connectivity index (χ2n) is 4.72. The summed E-state index contributed by atoms with van der Waals surface area (Å²) in [5.74, 6) is 0. The molecule has 1 aromatic heterocycles. The highest BCUT2D eigenvalue weighted by Gasteiger charge is 2.25. The van der Waals surface area contributed by atoms with Crippen LogP contribution in [0.3, 0.4) is 0 Å². The Labute approximate surface area is 124 Å². The molecule has 0 radical (unpaired) electrons. The Balaban J connectivity index is 2.61. The lowest BCUT2D eigenvalue weighted by atomic mass is 10.2. The van der Waals surface area contributed by atoms with Gasteiger partial charge in [0.15, 0.2) is 0 Å². The number of sulfonamides is 1. The molecule has 0 aliphatic carbocycles. The number of aliphatic hydroxyl groups is 1. The number of hydrogen-bond acceptors (Lipinski definition) is 4. The maximum atomic E-state index is 12.7. The summed E-state index contributed by atoms with van der Waals surface area (Å²) in [7, 11) is -3.73.